The van der Waals surface area contributed by atoms with Crippen molar-refractivity contribution >= 4 is 49.1 Å². The number of rotatable bonds is 5. The van der Waals surface area contributed by atoms with Crippen molar-refractivity contribution < 1.29 is 13.9 Å². The Balaban J connectivity index is 1.93. The zero-order chi connectivity index (χ0) is 19.0. The van der Waals surface area contributed by atoms with E-state index in [9.17, 15) is 18.7 Å². The minimum absolute atomic E-state index is 0.125. The molecular weight excluding hydrogens is 384 g/mol. The van der Waals surface area contributed by atoms with Crippen LogP contribution in [0.1, 0.15) is 5.56 Å². The second kappa shape index (κ2) is 7.24. The van der Waals surface area contributed by atoms with E-state index in [1.807, 2.05) is 29.6 Å². The van der Waals surface area contributed by atoms with Gasteiger partial charge in [-0.3, -0.25) is 9.00 Å². The van der Waals surface area contributed by atoms with E-state index in [1.54, 1.807) is 18.2 Å². The lowest BCUT2D eigenvalue weighted by Crippen LogP contribution is -2.07. The van der Waals surface area contributed by atoms with Crippen LogP contribution < -0.4 is 10.9 Å². The summed E-state index contributed by atoms with van der Waals surface area (Å²) in [6.45, 7) is -0.134. The highest BCUT2D eigenvalue weighted by Crippen LogP contribution is 2.37. The number of aliphatic hydroxyl groups is 1. The van der Waals surface area contributed by atoms with Crippen molar-refractivity contribution in [3.05, 3.63) is 63.8 Å². The van der Waals surface area contributed by atoms with Gasteiger partial charge in [0, 0.05) is 22.0 Å². The third-order valence-electron chi connectivity index (χ3n) is 4.42. The number of aromatic amines is 1. The quantitative estimate of drug-likeness (QED) is 0.447. The van der Waals surface area contributed by atoms with Crippen LogP contribution in [0, 0.1) is 0 Å². The van der Waals surface area contributed by atoms with Gasteiger partial charge in [0.2, 0.25) is 0 Å². The molecule has 0 aliphatic heterocycles. The fourth-order valence-electron chi connectivity index (χ4n) is 3.25. The number of pyridine rings is 1. The van der Waals surface area contributed by atoms with Crippen molar-refractivity contribution in [2.24, 2.45) is 0 Å². The zero-order valence-corrected chi connectivity index (χ0v) is 15.7. The maximum absolute atomic E-state index is 12.3. The third-order valence-corrected chi connectivity index (χ3v) is 5.71. The van der Waals surface area contributed by atoms with Crippen molar-refractivity contribution in [2.45, 2.75) is 6.61 Å². The monoisotopic (exact) mass is 399 g/mol. The SMILES string of the molecule is O=c1[nH]c2ccc(CO)c(-c3ccc(NCS(=O)[O-])cc3)c2c2ccsc12. The van der Waals surface area contributed by atoms with Crippen molar-refractivity contribution in [3.63, 3.8) is 0 Å². The molecule has 2 heterocycles. The first kappa shape index (κ1) is 17.9. The number of fused-ring (bicyclic) bond motifs is 3. The maximum Gasteiger partial charge on any atom is 0.266 e. The molecule has 0 bridgehead atoms. The van der Waals surface area contributed by atoms with Gasteiger partial charge in [0.15, 0.2) is 0 Å². The Kier molecular flexibility index (Phi) is 4.79. The Morgan fingerprint density at radius 3 is 2.63 bits per heavy atom. The van der Waals surface area contributed by atoms with Gasteiger partial charge in [-0.05, 0) is 57.4 Å². The highest BCUT2D eigenvalue weighted by atomic mass is 32.2. The van der Waals surface area contributed by atoms with Gasteiger partial charge >= 0.3 is 0 Å². The second-order valence-electron chi connectivity index (χ2n) is 6.00. The van der Waals surface area contributed by atoms with Crippen LogP contribution in [0.25, 0.3) is 32.1 Å². The molecule has 138 valence electrons. The molecule has 0 radical (unpaired) electrons. The Labute approximate surface area is 160 Å². The molecule has 4 rings (SSSR count). The maximum atomic E-state index is 12.3. The minimum Gasteiger partial charge on any atom is -0.771 e. The number of hydrogen-bond acceptors (Lipinski definition) is 6. The molecule has 6 nitrogen and oxygen atoms in total. The van der Waals surface area contributed by atoms with E-state index >= 15 is 0 Å². The Bertz CT molecular complexity index is 1210. The number of H-pyrrole nitrogens is 1. The van der Waals surface area contributed by atoms with E-state index in [-0.39, 0.29) is 18.0 Å². The largest absolute Gasteiger partial charge is 0.771 e. The fourth-order valence-corrected chi connectivity index (χ4v) is 4.33. The van der Waals surface area contributed by atoms with Gasteiger partial charge in [-0.25, -0.2) is 0 Å². The number of aliphatic hydroxyl groups excluding tert-OH is 1. The third kappa shape index (κ3) is 3.28. The van der Waals surface area contributed by atoms with Crippen LogP contribution in [0.2, 0.25) is 0 Å². The topological polar surface area (TPSA) is 105 Å². The molecular formula is C19H15N2O4S2-. The summed E-state index contributed by atoms with van der Waals surface area (Å²) in [6, 6.07) is 12.8. The predicted molar refractivity (Wildman–Crippen MR) is 109 cm³/mol. The van der Waals surface area contributed by atoms with Gasteiger partial charge in [-0.1, -0.05) is 18.2 Å². The molecule has 0 aliphatic carbocycles. The van der Waals surface area contributed by atoms with Crippen molar-refractivity contribution in [2.75, 3.05) is 11.2 Å². The van der Waals surface area contributed by atoms with E-state index in [0.717, 1.165) is 27.5 Å². The highest BCUT2D eigenvalue weighted by Gasteiger charge is 2.15. The summed E-state index contributed by atoms with van der Waals surface area (Å²) in [4.78, 5) is 15.2. The summed E-state index contributed by atoms with van der Waals surface area (Å²) in [5.41, 5.74) is 3.75. The molecule has 3 N–H and O–H groups in total. The number of aromatic nitrogens is 1. The molecule has 0 fully saturated rings. The zero-order valence-electron chi connectivity index (χ0n) is 14.0. The molecule has 8 heteroatoms. The summed E-state index contributed by atoms with van der Waals surface area (Å²) in [5, 5.41) is 16.3. The molecule has 0 amide bonds. The van der Waals surface area contributed by atoms with Gasteiger partial charge in [0.25, 0.3) is 5.56 Å². The molecule has 0 saturated carbocycles. The number of thiophene rings is 1. The lowest BCUT2D eigenvalue weighted by molar-refractivity contribution is 0.282. The smallest absolute Gasteiger partial charge is 0.266 e. The molecule has 1 unspecified atom stereocenters. The summed E-state index contributed by atoms with van der Waals surface area (Å²) in [7, 11) is 0. The molecule has 4 aromatic rings. The first-order valence-electron chi connectivity index (χ1n) is 8.14. The van der Waals surface area contributed by atoms with Crippen LogP contribution in [0.15, 0.2) is 52.6 Å². The van der Waals surface area contributed by atoms with Crippen LogP contribution >= 0.6 is 11.3 Å². The second-order valence-corrected chi connectivity index (χ2v) is 7.81. The molecule has 0 aliphatic rings. The van der Waals surface area contributed by atoms with E-state index in [1.165, 1.54) is 11.3 Å². The Morgan fingerprint density at radius 2 is 1.93 bits per heavy atom. The predicted octanol–water partition coefficient (Wildman–Crippen LogP) is 3.15. The first-order valence-corrected chi connectivity index (χ1v) is 10.3. The Morgan fingerprint density at radius 1 is 1.15 bits per heavy atom. The highest BCUT2D eigenvalue weighted by molar-refractivity contribution is 7.79. The molecule has 0 spiro atoms. The molecule has 27 heavy (non-hydrogen) atoms. The summed E-state index contributed by atoms with van der Waals surface area (Å²) < 4.78 is 22.0. The van der Waals surface area contributed by atoms with Gasteiger partial charge < -0.3 is 20.0 Å². The molecule has 0 saturated heterocycles. The molecule has 1 atom stereocenters. The standard InChI is InChI=1S/C19H16N2O4S2/c22-9-12-3-6-15-17(14-7-8-26-18(14)19(23)21-15)16(12)11-1-4-13(5-2-11)20-10-27(24)25/h1-8,20,22H,9-10H2,(H,21,23)(H,24,25)/p-1. The van der Waals surface area contributed by atoms with Crippen molar-refractivity contribution in [1.82, 2.24) is 4.98 Å². The number of hydrogen-bond donors (Lipinski definition) is 3. The van der Waals surface area contributed by atoms with Crippen LogP contribution in [-0.4, -0.2) is 24.7 Å². The van der Waals surface area contributed by atoms with Crippen LogP contribution in [0.4, 0.5) is 5.69 Å². The van der Waals surface area contributed by atoms with E-state index in [0.29, 0.717) is 15.9 Å². The van der Waals surface area contributed by atoms with Crippen molar-refractivity contribution in [1.29, 1.82) is 0 Å². The van der Waals surface area contributed by atoms with Gasteiger partial charge in [-0.15, -0.1) is 11.3 Å². The van der Waals surface area contributed by atoms with E-state index < -0.39 is 11.1 Å². The Hall–Kier alpha value is -2.52. The fraction of sp³-hybridized carbons (Fsp3) is 0.105. The lowest BCUT2D eigenvalue weighted by Gasteiger charge is -2.14. The number of nitrogens with one attached hydrogen (secondary N) is 2. The number of benzene rings is 2. The summed E-state index contributed by atoms with van der Waals surface area (Å²) >= 11 is -0.788. The average molecular weight is 399 g/mol. The summed E-state index contributed by atoms with van der Waals surface area (Å²) in [5.74, 6) is -0.160. The lowest BCUT2D eigenvalue weighted by atomic mass is 9.93. The van der Waals surface area contributed by atoms with E-state index in [4.69, 9.17) is 0 Å². The number of anilines is 1. The molecule has 2 aromatic heterocycles. The normalized spacial score (nSPS) is 12.5. The van der Waals surface area contributed by atoms with Crippen LogP contribution in [0.5, 0.6) is 0 Å². The van der Waals surface area contributed by atoms with Gasteiger partial charge in [0.1, 0.15) is 4.70 Å². The minimum atomic E-state index is -2.17. The first-order chi connectivity index (χ1) is 13.1. The van der Waals surface area contributed by atoms with E-state index in [2.05, 4.69) is 10.3 Å². The van der Waals surface area contributed by atoms with Crippen LogP contribution in [0.3, 0.4) is 0 Å². The van der Waals surface area contributed by atoms with Crippen LogP contribution in [-0.2, 0) is 17.7 Å². The van der Waals surface area contributed by atoms with Gasteiger partial charge in [-0.2, -0.15) is 0 Å². The summed E-state index contributed by atoms with van der Waals surface area (Å²) in [6.07, 6.45) is 0. The van der Waals surface area contributed by atoms with Crippen molar-refractivity contribution in [3.8, 4) is 11.1 Å². The average Bonchev–Trinajstić information content (AvgIpc) is 3.16. The molecule has 2 aromatic carbocycles. The van der Waals surface area contributed by atoms with Gasteiger partial charge in [0.05, 0.1) is 12.5 Å².